The zero-order chi connectivity index (χ0) is 14.8. The lowest BCUT2D eigenvalue weighted by molar-refractivity contribution is -0.135. The van der Waals surface area contributed by atoms with Crippen molar-refractivity contribution in [3.8, 4) is 0 Å². The molecule has 1 N–H and O–H groups in total. The summed E-state index contributed by atoms with van der Waals surface area (Å²) >= 11 is 1.91. The van der Waals surface area contributed by atoms with E-state index in [1.54, 1.807) is 4.88 Å². The third kappa shape index (κ3) is 3.32. The smallest absolute Gasteiger partial charge is 0.225 e. The zero-order valence-electron chi connectivity index (χ0n) is 13.1. The largest absolute Gasteiger partial charge is 0.342 e. The number of likely N-dealkylation sites (tertiary alicyclic amines) is 1. The molecule has 1 amide bonds. The molecule has 116 valence electrons. The van der Waals surface area contributed by atoms with Crippen molar-refractivity contribution in [2.45, 2.75) is 58.0 Å². The van der Waals surface area contributed by atoms with E-state index in [2.05, 4.69) is 16.8 Å². The number of aryl methyl sites for hydroxylation is 1. The van der Waals surface area contributed by atoms with Gasteiger partial charge < -0.3 is 10.2 Å². The number of piperidine rings is 1. The maximum atomic E-state index is 12.0. The van der Waals surface area contributed by atoms with Crippen molar-refractivity contribution >= 4 is 17.2 Å². The summed E-state index contributed by atoms with van der Waals surface area (Å²) in [5.74, 6) is 0.437. The van der Waals surface area contributed by atoms with Crippen LogP contribution >= 0.6 is 11.3 Å². The Hall–Kier alpha value is -0.870. The maximum absolute atomic E-state index is 12.0. The number of fused-ring (bicyclic) bond motifs is 1. The SMILES string of the molecule is CC(C)C(=O)N1CCC(NC2CCCc3sccc32)CC1. The Morgan fingerprint density at radius 3 is 2.81 bits per heavy atom. The molecule has 0 saturated carbocycles. The minimum absolute atomic E-state index is 0.126. The van der Waals surface area contributed by atoms with Gasteiger partial charge in [-0.15, -0.1) is 11.3 Å². The maximum Gasteiger partial charge on any atom is 0.225 e. The van der Waals surface area contributed by atoms with Crippen molar-refractivity contribution < 1.29 is 4.79 Å². The van der Waals surface area contributed by atoms with E-state index in [-0.39, 0.29) is 5.92 Å². The second-order valence-corrected chi connectivity index (χ2v) is 7.67. The zero-order valence-corrected chi connectivity index (χ0v) is 13.9. The van der Waals surface area contributed by atoms with Gasteiger partial charge in [0.25, 0.3) is 0 Å². The highest BCUT2D eigenvalue weighted by Crippen LogP contribution is 2.34. The summed E-state index contributed by atoms with van der Waals surface area (Å²) < 4.78 is 0. The number of amides is 1. The highest BCUT2D eigenvalue weighted by Gasteiger charge is 2.28. The number of hydrogen-bond acceptors (Lipinski definition) is 3. The molecule has 4 heteroatoms. The first-order valence-corrected chi connectivity index (χ1v) is 9.14. The molecule has 0 bridgehead atoms. The van der Waals surface area contributed by atoms with Crippen LogP contribution < -0.4 is 5.32 Å². The van der Waals surface area contributed by atoms with E-state index < -0.39 is 0 Å². The number of carbonyl (C=O) groups excluding carboxylic acids is 1. The molecule has 0 spiro atoms. The molecule has 1 saturated heterocycles. The van der Waals surface area contributed by atoms with Gasteiger partial charge in [0.05, 0.1) is 0 Å². The van der Waals surface area contributed by atoms with Crippen molar-refractivity contribution in [2.75, 3.05) is 13.1 Å². The van der Waals surface area contributed by atoms with E-state index in [0.717, 1.165) is 25.9 Å². The van der Waals surface area contributed by atoms with Crippen LogP contribution in [0.2, 0.25) is 0 Å². The minimum Gasteiger partial charge on any atom is -0.342 e. The molecule has 1 aliphatic heterocycles. The number of rotatable bonds is 3. The number of carbonyl (C=O) groups is 1. The standard InChI is InChI=1S/C17H26N2OS/c1-12(2)17(20)19-9-6-13(7-10-19)18-15-4-3-5-16-14(15)8-11-21-16/h8,11-13,15,18H,3-7,9-10H2,1-2H3. The normalized spacial score (nSPS) is 23.4. The summed E-state index contributed by atoms with van der Waals surface area (Å²) in [5, 5.41) is 6.09. The van der Waals surface area contributed by atoms with Crippen LogP contribution in [-0.2, 0) is 11.2 Å². The van der Waals surface area contributed by atoms with Crippen molar-refractivity contribution in [1.82, 2.24) is 10.2 Å². The first-order valence-electron chi connectivity index (χ1n) is 8.26. The van der Waals surface area contributed by atoms with Crippen LogP contribution in [0.15, 0.2) is 11.4 Å². The van der Waals surface area contributed by atoms with Crippen LogP contribution in [0, 0.1) is 5.92 Å². The van der Waals surface area contributed by atoms with Crippen LogP contribution in [0.1, 0.15) is 56.0 Å². The predicted molar refractivity (Wildman–Crippen MR) is 87.6 cm³/mol. The second kappa shape index (κ2) is 6.49. The monoisotopic (exact) mass is 306 g/mol. The van der Waals surface area contributed by atoms with E-state index in [9.17, 15) is 4.79 Å². The van der Waals surface area contributed by atoms with Gasteiger partial charge in [0.2, 0.25) is 5.91 Å². The molecular formula is C17H26N2OS. The molecule has 1 aromatic heterocycles. The lowest BCUT2D eigenvalue weighted by atomic mass is 9.92. The summed E-state index contributed by atoms with van der Waals surface area (Å²) in [7, 11) is 0. The highest BCUT2D eigenvalue weighted by atomic mass is 32.1. The molecule has 1 aromatic rings. The Kier molecular flexibility index (Phi) is 4.65. The van der Waals surface area contributed by atoms with Gasteiger partial charge in [-0.3, -0.25) is 4.79 Å². The van der Waals surface area contributed by atoms with Crippen molar-refractivity contribution in [2.24, 2.45) is 5.92 Å². The number of nitrogens with one attached hydrogen (secondary N) is 1. The predicted octanol–water partition coefficient (Wildman–Crippen LogP) is 3.36. The molecule has 1 aliphatic carbocycles. The summed E-state index contributed by atoms with van der Waals surface area (Å²) in [6, 6.07) is 3.41. The average Bonchev–Trinajstić information content (AvgIpc) is 2.97. The Morgan fingerprint density at radius 1 is 1.33 bits per heavy atom. The van der Waals surface area contributed by atoms with Gasteiger partial charge in [-0.25, -0.2) is 0 Å². The van der Waals surface area contributed by atoms with Crippen molar-refractivity contribution in [3.05, 3.63) is 21.9 Å². The molecule has 1 atom stereocenters. The third-order valence-electron chi connectivity index (χ3n) is 4.79. The van der Waals surface area contributed by atoms with E-state index in [0.29, 0.717) is 18.0 Å². The van der Waals surface area contributed by atoms with Crippen LogP contribution in [-0.4, -0.2) is 29.9 Å². The van der Waals surface area contributed by atoms with Gasteiger partial charge in [-0.05, 0) is 49.1 Å². The Labute approximate surface area is 131 Å². The summed E-state index contributed by atoms with van der Waals surface area (Å²) in [6.45, 7) is 5.81. The Bertz CT molecular complexity index is 489. The van der Waals surface area contributed by atoms with E-state index in [1.807, 2.05) is 30.1 Å². The van der Waals surface area contributed by atoms with Crippen LogP contribution in [0.5, 0.6) is 0 Å². The Morgan fingerprint density at radius 2 is 2.10 bits per heavy atom. The Balaban J connectivity index is 1.54. The van der Waals surface area contributed by atoms with Gasteiger partial charge in [0.15, 0.2) is 0 Å². The third-order valence-corrected chi connectivity index (χ3v) is 5.79. The molecule has 3 nitrogen and oxygen atoms in total. The van der Waals surface area contributed by atoms with Gasteiger partial charge in [0, 0.05) is 36.0 Å². The molecule has 1 unspecified atom stereocenters. The van der Waals surface area contributed by atoms with Gasteiger partial charge >= 0.3 is 0 Å². The number of thiophene rings is 1. The van der Waals surface area contributed by atoms with Gasteiger partial charge in [0.1, 0.15) is 0 Å². The lowest BCUT2D eigenvalue weighted by Crippen LogP contribution is -2.47. The molecule has 1 fully saturated rings. The molecule has 2 aliphatic rings. The van der Waals surface area contributed by atoms with Gasteiger partial charge in [-0.1, -0.05) is 13.8 Å². The van der Waals surface area contributed by atoms with Crippen LogP contribution in [0.4, 0.5) is 0 Å². The van der Waals surface area contributed by atoms with E-state index >= 15 is 0 Å². The first kappa shape index (κ1) is 15.0. The molecule has 3 rings (SSSR count). The fourth-order valence-corrected chi connectivity index (χ4v) is 4.56. The molecular weight excluding hydrogens is 280 g/mol. The summed E-state index contributed by atoms with van der Waals surface area (Å²) in [6.07, 6.45) is 6.00. The number of nitrogens with zero attached hydrogens (tertiary/aromatic N) is 1. The molecule has 0 aromatic carbocycles. The molecule has 0 radical (unpaired) electrons. The lowest BCUT2D eigenvalue weighted by Gasteiger charge is -2.36. The van der Waals surface area contributed by atoms with Crippen LogP contribution in [0.25, 0.3) is 0 Å². The average molecular weight is 306 g/mol. The topological polar surface area (TPSA) is 32.3 Å². The number of hydrogen-bond donors (Lipinski definition) is 1. The van der Waals surface area contributed by atoms with E-state index in [4.69, 9.17) is 0 Å². The van der Waals surface area contributed by atoms with Crippen molar-refractivity contribution in [3.63, 3.8) is 0 Å². The van der Waals surface area contributed by atoms with Gasteiger partial charge in [-0.2, -0.15) is 0 Å². The second-order valence-electron chi connectivity index (χ2n) is 6.66. The quantitative estimate of drug-likeness (QED) is 0.928. The van der Waals surface area contributed by atoms with Crippen molar-refractivity contribution in [1.29, 1.82) is 0 Å². The van der Waals surface area contributed by atoms with Crippen LogP contribution in [0.3, 0.4) is 0 Å². The highest BCUT2D eigenvalue weighted by molar-refractivity contribution is 7.10. The summed E-state index contributed by atoms with van der Waals surface area (Å²) in [4.78, 5) is 15.6. The molecule has 2 heterocycles. The summed E-state index contributed by atoms with van der Waals surface area (Å²) in [5.41, 5.74) is 1.53. The van der Waals surface area contributed by atoms with E-state index in [1.165, 1.54) is 24.8 Å². The first-order chi connectivity index (χ1) is 10.1. The fraction of sp³-hybridized carbons (Fsp3) is 0.706. The fourth-order valence-electron chi connectivity index (χ4n) is 3.58. The minimum atomic E-state index is 0.126. The molecule has 21 heavy (non-hydrogen) atoms.